The number of nitrogens with zero attached hydrogens (tertiary/aromatic N) is 2. The Balaban J connectivity index is 1.68. The van der Waals surface area contributed by atoms with Gasteiger partial charge in [0, 0.05) is 11.4 Å². The number of hydrogen-bond donors (Lipinski definition) is 0. The number of amides is 1. The van der Waals surface area contributed by atoms with Crippen LogP contribution in [0.5, 0.6) is 0 Å². The van der Waals surface area contributed by atoms with E-state index in [1.54, 1.807) is 11.0 Å². The van der Waals surface area contributed by atoms with Crippen molar-refractivity contribution in [1.82, 2.24) is 4.57 Å². The second-order valence-electron chi connectivity index (χ2n) is 8.30. The summed E-state index contributed by atoms with van der Waals surface area (Å²) >= 11 is 0. The summed E-state index contributed by atoms with van der Waals surface area (Å²) in [5, 5.41) is 1.000. The van der Waals surface area contributed by atoms with Crippen molar-refractivity contribution in [3.63, 3.8) is 0 Å². The maximum atomic E-state index is 12.9. The van der Waals surface area contributed by atoms with Crippen LogP contribution in [0, 0.1) is 0 Å². The van der Waals surface area contributed by atoms with Gasteiger partial charge in [0.15, 0.2) is 0 Å². The van der Waals surface area contributed by atoms with E-state index in [1.165, 1.54) is 13.5 Å². The first kappa shape index (κ1) is 19.7. The average molecular weight is 418 g/mol. The lowest BCUT2D eigenvalue weighted by Gasteiger charge is -2.30. The summed E-state index contributed by atoms with van der Waals surface area (Å²) in [5.41, 5.74) is 2.51. The van der Waals surface area contributed by atoms with E-state index < -0.39 is 0 Å². The number of methoxy groups -OCH3 is 1. The molecule has 1 saturated heterocycles. The Morgan fingerprint density at radius 2 is 1.81 bits per heavy atom. The number of rotatable bonds is 4. The van der Waals surface area contributed by atoms with E-state index in [0.29, 0.717) is 12.2 Å². The second kappa shape index (κ2) is 8.10. The highest BCUT2D eigenvalue weighted by molar-refractivity contribution is 5.98. The van der Waals surface area contributed by atoms with Crippen LogP contribution in [0.4, 0.5) is 10.6 Å². The standard InChI is InChI=1S/C25H26N2O4/c1-30-24(28)19-13-12-18-15-23(26(21(18)14-19)20-10-6-3-7-11-20)27-22(16-31-25(27)29)17-8-4-2-5-9-17/h2,4-5,8-9,12-15,20,22H,3,6-7,10-11,16H2,1H3/t22-/m1/s1. The SMILES string of the molecule is COC(=O)c1ccc2cc(N3C(=O)OC[C@@H]3c3ccccc3)n(C3CCCCC3)c2c1. The van der Waals surface area contributed by atoms with Gasteiger partial charge in [0.2, 0.25) is 0 Å². The van der Waals surface area contributed by atoms with Gasteiger partial charge in [0.1, 0.15) is 18.5 Å². The number of fused-ring (bicyclic) bond motifs is 1. The fraction of sp³-hybridized carbons (Fsp3) is 0.360. The lowest BCUT2D eigenvalue weighted by Crippen LogP contribution is -2.30. The van der Waals surface area contributed by atoms with Crippen LogP contribution < -0.4 is 4.90 Å². The number of carbonyl (C=O) groups is 2. The molecule has 1 atom stereocenters. The van der Waals surface area contributed by atoms with E-state index in [1.807, 2.05) is 48.5 Å². The topological polar surface area (TPSA) is 60.8 Å². The summed E-state index contributed by atoms with van der Waals surface area (Å²) in [5.74, 6) is 0.475. The minimum atomic E-state index is -0.359. The van der Waals surface area contributed by atoms with Gasteiger partial charge in [0.25, 0.3) is 0 Å². The molecule has 1 aliphatic carbocycles. The van der Waals surface area contributed by atoms with Gasteiger partial charge in [-0.2, -0.15) is 0 Å². The van der Waals surface area contributed by atoms with Crippen LogP contribution in [0.3, 0.4) is 0 Å². The van der Waals surface area contributed by atoms with Gasteiger partial charge in [0.05, 0.1) is 18.2 Å². The summed E-state index contributed by atoms with van der Waals surface area (Å²) in [7, 11) is 1.39. The first-order valence-corrected chi connectivity index (χ1v) is 10.9. The third-order valence-electron chi connectivity index (χ3n) is 6.49. The van der Waals surface area contributed by atoms with Crippen molar-refractivity contribution >= 4 is 28.8 Å². The number of esters is 1. The normalized spacial score (nSPS) is 19.6. The summed E-state index contributed by atoms with van der Waals surface area (Å²) in [6.07, 6.45) is 5.33. The zero-order valence-electron chi connectivity index (χ0n) is 17.6. The van der Waals surface area contributed by atoms with Crippen LogP contribution in [0.25, 0.3) is 10.9 Å². The number of ether oxygens (including phenoxy) is 2. The molecule has 160 valence electrons. The van der Waals surface area contributed by atoms with Gasteiger partial charge in [-0.15, -0.1) is 0 Å². The van der Waals surface area contributed by atoms with Crippen LogP contribution in [-0.2, 0) is 9.47 Å². The van der Waals surface area contributed by atoms with Crippen molar-refractivity contribution in [2.24, 2.45) is 0 Å². The smallest absolute Gasteiger partial charge is 0.416 e. The zero-order valence-corrected chi connectivity index (χ0v) is 17.6. The Morgan fingerprint density at radius 3 is 2.55 bits per heavy atom. The van der Waals surface area contributed by atoms with Crippen LogP contribution in [0.2, 0.25) is 0 Å². The second-order valence-corrected chi connectivity index (χ2v) is 8.30. The molecule has 1 amide bonds. The molecule has 31 heavy (non-hydrogen) atoms. The fourth-order valence-corrected chi connectivity index (χ4v) is 4.96. The lowest BCUT2D eigenvalue weighted by atomic mass is 9.95. The molecule has 6 nitrogen and oxygen atoms in total. The molecular formula is C25H26N2O4. The van der Waals surface area contributed by atoms with Crippen LogP contribution in [0.15, 0.2) is 54.6 Å². The third-order valence-corrected chi connectivity index (χ3v) is 6.49. The third kappa shape index (κ3) is 3.46. The van der Waals surface area contributed by atoms with E-state index in [0.717, 1.165) is 48.0 Å². The average Bonchev–Trinajstić information content (AvgIpc) is 3.39. The molecular weight excluding hydrogens is 392 g/mol. The van der Waals surface area contributed by atoms with Gasteiger partial charge < -0.3 is 14.0 Å². The largest absolute Gasteiger partial charge is 0.465 e. The number of aromatic nitrogens is 1. The lowest BCUT2D eigenvalue weighted by molar-refractivity contribution is 0.0601. The summed E-state index contributed by atoms with van der Waals surface area (Å²) in [4.78, 5) is 26.9. The molecule has 2 fully saturated rings. The van der Waals surface area contributed by atoms with E-state index in [9.17, 15) is 9.59 Å². The summed E-state index contributed by atoms with van der Waals surface area (Å²) in [6, 6.07) is 17.7. The highest BCUT2D eigenvalue weighted by Gasteiger charge is 2.38. The Morgan fingerprint density at radius 1 is 1.03 bits per heavy atom. The number of hydrogen-bond acceptors (Lipinski definition) is 4. The number of anilines is 1. The van der Waals surface area contributed by atoms with Gasteiger partial charge >= 0.3 is 12.1 Å². The monoisotopic (exact) mass is 418 g/mol. The highest BCUT2D eigenvalue weighted by atomic mass is 16.6. The highest BCUT2D eigenvalue weighted by Crippen LogP contribution is 2.41. The Hall–Kier alpha value is -3.28. The van der Waals surface area contributed by atoms with Crippen molar-refractivity contribution < 1.29 is 19.1 Å². The van der Waals surface area contributed by atoms with Crippen molar-refractivity contribution in [2.75, 3.05) is 18.6 Å². The first-order valence-electron chi connectivity index (χ1n) is 10.9. The molecule has 0 radical (unpaired) electrons. The van der Waals surface area contributed by atoms with E-state index >= 15 is 0 Å². The molecule has 1 aromatic heterocycles. The van der Waals surface area contributed by atoms with Crippen LogP contribution in [-0.4, -0.2) is 30.3 Å². The first-order chi connectivity index (χ1) is 15.2. The van der Waals surface area contributed by atoms with Crippen molar-refractivity contribution in [2.45, 2.75) is 44.2 Å². The molecule has 1 saturated carbocycles. The molecule has 0 N–H and O–H groups in total. The maximum absolute atomic E-state index is 12.9. The van der Waals surface area contributed by atoms with Crippen LogP contribution in [0.1, 0.15) is 60.1 Å². The predicted octanol–water partition coefficient (Wildman–Crippen LogP) is 5.63. The molecule has 0 unspecified atom stereocenters. The molecule has 2 aliphatic rings. The minimum Gasteiger partial charge on any atom is -0.465 e. The zero-order chi connectivity index (χ0) is 21.4. The molecule has 1 aliphatic heterocycles. The molecule has 0 bridgehead atoms. The van der Waals surface area contributed by atoms with Crippen molar-refractivity contribution in [3.05, 3.63) is 65.7 Å². The Bertz CT molecular complexity index is 1120. The quantitative estimate of drug-likeness (QED) is 0.515. The van der Waals surface area contributed by atoms with Gasteiger partial charge in [-0.25, -0.2) is 9.59 Å². The van der Waals surface area contributed by atoms with Gasteiger partial charge in [-0.3, -0.25) is 4.90 Å². The Labute approximate surface area is 181 Å². The molecule has 2 aromatic carbocycles. The van der Waals surface area contributed by atoms with E-state index in [2.05, 4.69) is 4.57 Å². The maximum Gasteiger partial charge on any atom is 0.416 e. The summed E-state index contributed by atoms with van der Waals surface area (Å²) in [6.45, 7) is 0.322. The van der Waals surface area contributed by atoms with Gasteiger partial charge in [-0.05, 0) is 36.6 Å². The molecule has 5 rings (SSSR count). The number of benzene rings is 2. The predicted molar refractivity (Wildman–Crippen MR) is 118 cm³/mol. The van der Waals surface area contributed by atoms with E-state index in [-0.39, 0.29) is 24.1 Å². The van der Waals surface area contributed by atoms with Gasteiger partial charge in [-0.1, -0.05) is 55.7 Å². The molecule has 0 spiro atoms. The minimum absolute atomic E-state index is 0.180. The number of carbonyl (C=O) groups excluding carboxylic acids is 2. The van der Waals surface area contributed by atoms with Crippen molar-refractivity contribution in [1.29, 1.82) is 0 Å². The van der Waals surface area contributed by atoms with Crippen molar-refractivity contribution in [3.8, 4) is 0 Å². The molecule has 6 heteroatoms. The summed E-state index contributed by atoms with van der Waals surface area (Å²) < 4.78 is 12.7. The fourth-order valence-electron chi connectivity index (χ4n) is 4.96. The number of cyclic esters (lactones) is 1. The molecule has 3 aromatic rings. The van der Waals surface area contributed by atoms with Crippen LogP contribution >= 0.6 is 0 Å². The van der Waals surface area contributed by atoms with E-state index in [4.69, 9.17) is 9.47 Å². The molecule has 2 heterocycles. The Kier molecular flexibility index (Phi) is 5.14.